The van der Waals surface area contributed by atoms with Crippen molar-refractivity contribution in [2.75, 3.05) is 18.5 Å². The summed E-state index contributed by atoms with van der Waals surface area (Å²) in [4.78, 5) is 0. The number of anilines is 1. The molecule has 0 aromatic heterocycles. The molecule has 3 nitrogen and oxygen atoms in total. The van der Waals surface area contributed by atoms with Crippen molar-refractivity contribution in [3.05, 3.63) is 52.5 Å². The molecule has 0 spiro atoms. The van der Waals surface area contributed by atoms with Gasteiger partial charge in [0.2, 0.25) is 0 Å². The van der Waals surface area contributed by atoms with Gasteiger partial charge in [-0.15, -0.1) is 0 Å². The Bertz CT molecular complexity index is 569. The number of nitrogens with one attached hydrogen (secondary N) is 1. The van der Waals surface area contributed by atoms with E-state index in [9.17, 15) is 0 Å². The normalized spacial score (nSPS) is 13.1. The first-order valence-electron chi connectivity index (χ1n) is 6.19. The summed E-state index contributed by atoms with van der Waals surface area (Å²) in [6, 6.07) is 14.2. The molecule has 0 bridgehead atoms. The van der Waals surface area contributed by atoms with Crippen molar-refractivity contribution in [2.45, 2.75) is 6.54 Å². The molecule has 98 valence electrons. The van der Waals surface area contributed by atoms with E-state index in [-0.39, 0.29) is 0 Å². The van der Waals surface area contributed by atoms with E-state index >= 15 is 0 Å². The fourth-order valence-electron chi connectivity index (χ4n) is 1.96. The van der Waals surface area contributed by atoms with Crippen LogP contribution in [0.3, 0.4) is 0 Å². The van der Waals surface area contributed by atoms with Gasteiger partial charge < -0.3 is 14.8 Å². The molecular formula is C15H14BrNO2. The van der Waals surface area contributed by atoms with Gasteiger partial charge in [0.15, 0.2) is 11.5 Å². The standard InChI is InChI=1S/C15H14BrNO2/c16-12-3-1-11(2-4-12)10-17-13-5-6-14-15(9-13)19-8-7-18-14/h1-6,9,17H,7-8,10H2. The molecule has 0 fully saturated rings. The molecule has 0 saturated carbocycles. The molecule has 0 amide bonds. The lowest BCUT2D eigenvalue weighted by atomic mass is 10.2. The quantitative estimate of drug-likeness (QED) is 0.932. The molecule has 0 aliphatic carbocycles. The number of hydrogen-bond donors (Lipinski definition) is 1. The molecule has 1 aliphatic heterocycles. The Hall–Kier alpha value is -1.68. The van der Waals surface area contributed by atoms with Crippen molar-refractivity contribution in [1.29, 1.82) is 0 Å². The maximum atomic E-state index is 5.56. The van der Waals surface area contributed by atoms with Crippen LogP contribution in [0, 0.1) is 0 Å². The Kier molecular flexibility index (Phi) is 3.60. The van der Waals surface area contributed by atoms with E-state index in [2.05, 4.69) is 33.4 Å². The number of benzene rings is 2. The Morgan fingerprint density at radius 2 is 1.68 bits per heavy atom. The fourth-order valence-corrected chi connectivity index (χ4v) is 2.22. The van der Waals surface area contributed by atoms with Crippen LogP contribution in [0.1, 0.15) is 5.56 Å². The van der Waals surface area contributed by atoms with Gasteiger partial charge in [0, 0.05) is 22.8 Å². The summed E-state index contributed by atoms with van der Waals surface area (Å²) in [5, 5.41) is 3.38. The number of rotatable bonds is 3. The third kappa shape index (κ3) is 3.01. The molecule has 4 heteroatoms. The first-order chi connectivity index (χ1) is 9.31. The van der Waals surface area contributed by atoms with Crippen molar-refractivity contribution in [3.63, 3.8) is 0 Å². The van der Waals surface area contributed by atoms with Crippen LogP contribution in [0.2, 0.25) is 0 Å². The Morgan fingerprint density at radius 3 is 2.47 bits per heavy atom. The van der Waals surface area contributed by atoms with Gasteiger partial charge >= 0.3 is 0 Å². The average Bonchev–Trinajstić information content (AvgIpc) is 2.46. The maximum absolute atomic E-state index is 5.56. The minimum atomic E-state index is 0.614. The SMILES string of the molecule is Brc1ccc(CNc2ccc3c(c2)OCCO3)cc1. The second kappa shape index (κ2) is 5.53. The zero-order chi connectivity index (χ0) is 13.1. The maximum Gasteiger partial charge on any atom is 0.163 e. The molecule has 0 atom stereocenters. The molecule has 3 rings (SSSR count). The second-order valence-electron chi connectivity index (χ2n) is 4.34. The molecular weight excluding hydrogens is 306 g/mol. The van der Waals surface area contributed by atoms with Crippen molar-refractivity contribution < 1.29 is 9.47 Å². The summed E-state index contributed by atoms with van der Waals surface area (Å²) in [5.41, 5.74) is 2.27. The van der Waals surface area contributed by atoms with Gasteiger partial charge in [0.1, 0.15) is 13.2 Å². The van der Waals surface area contributed by atoms with Gasteiger partial charge in [0.05, 0.1) is 0 Å². The van der Waals surface area contributed by atoms with Crippen LogP contribution < -0.4 is 14.8 Å². The Balaban J connectivity index is 1.68. The molecule has 2 aromatic carbocycles. The smallest absolute Gasteiger partial charge is 0.163 e. The third-order valence-electron chi connectivity index (χ3n) is 2.95. The molecule has 0 radical (unpaired) electrons. The van der Waals surface area contributed by atoms with Crippen LogP contribution in [-0.2, 0) is 6.54 Å². The van der Waals surface area contributed by atoms with Crippen molar-refractivity contribution in [3.8, 4) is 11.5 Å². The fraction of sp³-hybridized carbons (Fsp3) is 0.200. The highest BCUT2D eigenvalue weighted by Crippen LogP contribution is 2.32. The summed E-state index contributed by atoms with van der Waals surface area (Å²) < 4.78 is 12.2. The van der Waals surface area contributed by atoms with E-state index in [1.54, 1.807) is 0 Å². The topological polar surface area (TPSA) is 30.5 Å². The molecule has 2 aromatic rings. The van der Waals surface area contributed by atoms with Crippen LogP contribution in [0.15, 0.2) is 46.9 Å². The van der Waals surface area contributed by atoms with Crippen LogP contribution in [0.5, 0.6) is 11.5 Å². The lowest BCUT2D eigenvalue weighted by Gasteiger charge is -2.19. The second-order valence-corrected chi connectivity index (χ2v) is 5.25. The van der Waals surface area contributed by atoms with Gasteiger partial charge in [-0.2, -0.15) is 0 Å². The predicted octanol–water partition coefficient (Wildman–Crippen LogP) is 3.83. The van der Waals surface area contributed by atoms with E-state index in [0.717, 1.165) is 28.2 Å². The van der Waals surface area contributed by atoms with Gasteiger partial charge in [0.25, 0.3) is 0 Å². The number of ether oxygens (including phenoxy) is 2. The summed E-state index contributed by atoms with van der Waals surface area (Å²) >= 11 is 3.43. The van der Waals surface area contributed by atoms with Crippen LogP contribution in [-0.4, -0.2) is 13.2 Å². The zero-order valence-corrected chi connectivity index (χ0v) is 11.9. The average molecular weight is 320 g/mol. The molecule has 0 saturated heterocycles. The first kappa shape index (κ1) is 12.4. The lowest BCUT2D eigenvalue weighted by molar-refractivity contribution is 0.171. The number of halogens is 1. The van der Waals surface area contributed by atoms with E-state index in [0.29, 0.717) is 13.2 Å². The van der Waals surface area contributed by atoms with Crippen LogP contribution >= 0.6 is 15.9 Å². The van der Waals surface area contributed by atoms with Gasteiger partial charge in [-0.3, -0.25) is 0 Å². The lowest BCUT2D eigenvalue weighted by Crippen LogP contribution is -2.15. The predicted molar refractivity (Wildman–Crippen MR) is 78.9 cm³/mol. The van der Waals surface area contributed by atoms with Crippen molar-refractivity contribution in [1.82, 2.24) is 0 Å². The number of fused-ring (bicyclic) bond motifs is 1. The monoisotopic (exact) mass is 319 g/mol. The minimum Gasteiger partial charge on any atom is -0.486 e. The highest BCUT2D eigenvalue weighted by molar-refractivity contribution is 9.10. The van der Waals surface area contributed by atoms with E-state index in [1.807, 2.05) is 30.3 Å². The molecule has 1 aliphatic rings. The van der Waals surface area contributed by atoms with Crippen LogP contribution in [0.25, 0.3) is 0 Å². The van der Waals surface area contributed by atoms with E-state index in [4.69, 9.17) is 9.47 Å². The van der Waals surface area contributed by atoms with Gasteiger partial charge in [-0.25, -0.2) is 0 Å². The van der Waals surface area contributed by atoms with Crippen LogP contribution in [0.4, 0.5) is 5.69 Å². The Labute approximate surface area is 120 Å². The van der Waals surface area contributed by atoms with Gasteiger partial charge in [-0.05, 0) is 29.8 Å². The summed E-state index contributed by atoms with van der Waals surface area (Å²) in [6.45, 7) is 2.02. The van der Waals surface area contributed by atoms with E-state index < -0.39 is 0 Å². The zero-order valence-electron chi connectivity index (χ0n) is 10.4. The van der Waals surface area contributed by atoms with Gasteiger partial charge in [-0.1, -0.05) is 28.1 Å². The molecule has 1 N–H and O–H groups in total. The summed E-state index contributed by atoms with van der Waals surface area (Å²) in [7, 11) is 0. The van der Waals surface area contributed by atoms with Crippen molar-refractivity contribution in [2.24, 2.45) is 0 Å². The Morgan fingerprint density at radius 1 is 0.947 bits per heavy atom. The first-order valence-corrected chi connectivity index (χ1v) is 6.98. The summed E-state index contributed by atoms with van der Waals surface area (Å²) in [6.07, 6.45) is 0. The summed E-state index contributed by atoms with van der Waals surface area (Å²) in [5.74, 6) is 1.63. The molecule has 1 heterocycles. The third-order valence-corrected chi connectivity index (χ3v) is 3.48. The minimum absolute atomic E-state index is 0.614. The highest BCUT2D eigenvalue weighted by Gasteiger charge is 2.11. The van der Waals surface area contributed by atoms with Crippen molar-refractivity contribution >= 4 is 21.6 Å². The molecule has 0 unspecified atom stereocenters. The van der Waals surface area contributed by atoms with E-state index in [1.165, 1.54) is 5.56 Å². The largest absolute Gasteiger partial charge is 0.486 e. The number of hydrogen-bond acceptors (Lipinski definition) is 3. The molecule has 19 heavy (non-hydrogen) atoms. The highest BCUT2D eigenvalue weighted by atomic mass is 79.9.